The minimum atomic E-state index is -0.253. The van der Waals surface area contributed by atoms with Crippen molar-refractivity contribution < 1.29 is 15.3 Å². The van der Waals surface area contributed by atoms with Gasteiger partial charge in [-0.3, -0.25) is 0 Å². The average Bonchev–Trinajstić information content (AvgIpc) is 2.73. The van der Waals surface area contributed by atoms with Crippen molar-refractivity contribution >= 4 is 0 Å². The molecule has 0 saturated heterocycles. The lowest BCUT2D eigenvalue weighted by Gasteiger charge is -2.26. The largest absolute Gasteiger partial charge is 0.508 e. The van der Waals surface area contributed by atoms with Gasteiger partial charge in [0.2, 0.25) is 0 Å². The van der Waals surface area contributed by atoms with Crippen molar-refractivity contribution in [2.75, 3.05) is 0 Å². The molecule has 3 rings (SSSR count). The maximum atomic E-state index is 11.2. The lowest BCUT2D eigenvalue weighted by Crippen LogP contribution is -2.13. The van der Waals surface area contributed by atoms with Crippen molar-refractivity contribution in [1.82, 2.24) is 0 Å². The molecular formula is C31H40O3. The van der Waals surface area contributed by atoms with E-state index in [1.54, 1.807) is 6.07 Å². The van der Waals surface area contributed by atoms with E-state index in [1.807, 2.05) is 24.3 Å². The first-order valence-electron chi connectivity index (χ1n) is 12.3. The predicted molar refractivity (Wildman–Crippen MR) is 143 cm³/mol. The smallest absolute Gasteiger partial charge is 0.124 e. The van der Waals surface area contributed by atoms with Gasteiger partial charge in [0.1, 0.15) is 17.2 Å². The Balaban J connectivity index is 2.49. The van der Waals surface area contributed by atoms with Crippen LogP contribution in [0.5, 0.6) is 17.2 Å². The molecule has 34 heavy (non-hydrogen) atoms. The number of hydrogen-bond acceptors (Lipinski definition) is 3. The van der Waals surface area contributed by atoms with Crippen molar-refractivity contribution in [3.63, 3.8) is 0 Å². The molecule has 0 spiro atoms. The van der Waals surface area contributed by atoms with Gasteiger partial charge in [-0.1, -0.05) is 61.5 Å². The zero-order chi connectivity index (χ0) is 25.6. The Labute approximate surface area is 205 Å². The number of phenols is 3. The Morgan fingerprint density at radius 3 is 1.38 bits per heavy atom. The number of aryl methyl sites for hydroxylation is 3. The van der Waals surface area contributed by atoms with Crippen LogP contribution in [0.4, 0.5) is 0 Å². The summed E-state index contributed by atoms with van der Waals surface area (Å²) in [6, 6.07) is 11.6. The van der Waals surface area contributed by atoms with Gasteiger partial charge >= 0.3 is 0 Å². The Morgan fingerprint density at radius 2 is 1.00 bits per heavy atom. The van der Waals surface area contributed by atoms with Crippen LogP contribution in [0.3, 0.4) is 0 Å². The van der Waals surface area contributed by atoms with E-state index in [1.165, 1.54) is 0 Å². The van der Waals surface area contributed by atoms with Crippen molar-refractivity contribution in [1.29, 1.82) is 0 Å². The van der Waals surface area contributed by atoms with Crippen LogP contribution >= 0.6 is 0 Å². The minimum absolute atomic E-state index is 0.216. The summed E-state index contributed by atoms with van der Waals surface area (Å²) < 4.78 is 0. The van der Waals surface area contributed by atoms with Gasteiger partial charge in [0.05, 0.1) is 0 Å². The molecule has 0 aliphatic carbocycles. The molecule has 0 aromatic heterocycles. The molecule has 3 N–H and O–H groups in total. The van der Waals surface area contributed by atoms with Gasteiger partial charge < -0.3 is 15.3 Å². The third-order valence-corrected chi connectivity index (χ3v) is 6.75. The highest BCUT2D eigenvalue weighted by Crippen LogP contribution is 2.47. The molecule has 182 valence electrons. The van der Waals surface area contributed by atoms with E-state index in [0.29, 0.717) is 5.75 Å². The van der Waals surface area contributed by atoms with Gasteiger partial charge in [0.15, 0.2) is 0 Å². The van der Waals surface area contributed by atoms with Crippen molar-refractivity contribution in [3.8, 4) is 39.5 Å². The highest BCUT2D eigenvalue weighted by atomic mass is 16.3. The number of benzene rings is 3. The molecule has 3 nitrogen and oxygen atoms in total. The summed E-state index contributed by atoms with van der Waals surface area (Å²) >= 11 is 0. The lowest BCUT2D eigenvalue weighted by molar-refractivity contribution is 0.445. The van der Waals surface area contributed by atoms with E-state index in [-0.39, 0.29) is 22.3 Å². The summed E-state index contributed by atoms with van der Waals surface area (Å²) in [6.07, 6.45) is 1.48. The number of rotatable bonds is 4. The monoisotopic (exact) mass is 460 g/mol. The Morgan fingerprint density at radius 1 is 0.588 bits per heavy atom. The van der Waals surface area contributed by atoms with Crippen LogP contribution in [0.25, 0.3) is 22.3 Å². The summed E-state index contributed by atoms with van der Waals surface area (Å²) in [5.41, 5.74) is 8.04. The first-order chi connectivity index (χ1) is 15.7. The molecule has 0 radical (unpaired) electrons. The lowest BCUT2D eigenvalue weighted by atomic mass is 9.78. The molecule has 0 aliphatic rings. The van der Waals surface area contributed by atoms with Gasteiger partial charge in [-0.25, -0.2) is 0 Å². The normalized spacial score (nSPS) is 12.3. The fourth-order valence-electron chi connectivity index (χ4n) is 4.83. The summed E-state index contributed by atoms with van der Waals surface area (Å²) in [5.74, 6) is 0.810. The predicted octanol–water partition coefficient (Wildman–Crippen LogP) is 8.17. The minimum Gasteiger partial charge on any atom is -0.508 e. The SMILES string of the molecule is CCc1cc(O)c(C(C)(C)C)cc1-c1c(C)ccc(O)c1-c1cc(C(C)(C)C)c(O)cc1CC. The van der Waals surface area contributed by atoms with Crippen LogP contribution in [0.1, 0.15) is 83.2 Å². The van der Waals surface area contributed by atoms with Gasteiger partial charge in [-0.15, -0.1) is 0 Å². The molecule has 0 amide bonds. The molecule has 3 aromatic rings. The van der Waals surface area contributed by atoms with Gasteiger partial charge in [-0.05, 0) is 105 Å². The number of hydrogen-bond donors (Lipinski definition) is 3. The quantitative estimate of drug-likeness (QED) is 0.368. The van der Waals surface area contributed by atoms with E-state index < -0.39 is 0 Å². The topological polar surface area (TPSA) is 60.7 Å². The molecule has 0 aliphatic heterocycles. The summed E-state index contributed by atoms with van der Waals surface area (Å²) in [6.45, 7) is 18.8. The van der Waals surface area contributed by atoms with Crippen LogP contribution in [0.2, 0.25) is 0 Å². The Hall–Kier alpha value is -2.94. The summed E-state index contributed by atoms with van der Waals surface area (Å²) in [4.78, 5) is 0. The van der Waals surface area contributed by atoms with E-state index >= 15 is 0 Å². The summed E-state index contributed by atoms with van der Waals surface area (Å²) in [7, 11) is 0. The molecule has 0 unspecified atom stereocenters. The zero-order valence-electron chi connectivity index (χ0n) is 22.2. The van der Waals surface area contributed by atoms with Crippen molar-refractivity contribution in [2.24, 2.45) is 0 Å². The van der Waals surface area contributed by atoms with Crippen LogP contribution in [0.15, 0.2) is 36.4 Å². The van der Waals surface area contributed by atoms with E-state index in [2.05, 4.69) is 68.4 Å². The van der Waals surface area contributed by atoms with Crippen LogP contribution in [0, 0.1) is 6.92 Å². The fourth-order valence-corrected chi connectivity index (χ4v) is 4.83. The maximum absolute atomic E-state index is 11.2. The highest BCUT2D eigenvalue weighted by molar-refractivity contribution is 5.92. The molecule has 0 bridgehead atoms. The standard InChI is InChI=1S/C31H40O3/c1-10-19-14-26(33)23(30(4,5)6)16-21(19)28-18(3)12-13-25(32)29(28)22-17-24(31(7,8)9)27(34)15-20(22)11-2/h12-17,32-34H,10-11H2,1-9H3. The number of aromatic hydroxyl groups is 3. The third-order valence-electron chi connectivity index (χ3n) is 6.75. The molecule has 0 atom stereocenters. The molecule has 0 heterocycles. The second-order valence-electron chi connectivity index (χ2n) is 11.4. The molecule has 3 aromatic carbocycles. The van der Waals surface area contributed by atoms with Gasteiger partial charge in [0.25, 0.3) is 0 Å². The average molecular weight is 461 g/mol. The van der Waals surface area contributed by atoms with Crippen LogP contribution in [-0.4, -0.2) is 15.3 Å². The zero-order valence-corrected chi connectivity index (χ0v) is 22.2. The number of phenolic OH excluding ortho intramolecular Hbond substituents is 3. The van der Waals surface area contributed by atoms with Crippen LogP contribution < -0.4 is 0 Å². The third kappa shape index (κ3) is 4.66. The fraction of sp³-hybridized carbons (Fsp3) is 0.419. The Bertz CT molecular complexity index is 1120. The van der Waals surface area contributed by atoms with Crippen molar-refractivity contribution in [3.05, 3.63) is 64.2 Å². The Kier molecular flexibility index (Phi) is 6.81. The van der Waals surface area contributed by atoms with E-state index in [0.717, 1.165) is 62.9 Å². The molecule has 0 saturated carbocycles. The van der Waals surface area contributed by atoms with Gasteiger partial charge in [-0.2, -0.15) is 0 Å². The van der Waals surface area contributed by atoms with E-state index in [9.17, 15) is 15.3 Å². The highest BCUT2D eigenvalue weighted by Gasteiger charge is 2.26. The second-order valence-corrected chi connectivity index (χ2v) is 11.4. The summed E-state index contributed by atoms with van der Waals surface area (Å²) in [5, 5.41) is 32.8. The second kappa shape index (κ2) is 9.02. The maximum Gasteiger partial charge on any atom is 0.124 e. The first kappa shape index (κ1) is 25.7. The molecule has 3 heteroatoms. The molecule has 0 fully saturated rings. The van der Waals surface area contributed by atoms with Crippen LogP contribution in [-0.2, 0) is 23.7 Å². The first-order valence-corrected chi connectivity index (χ1v) is 12.3. The van der Waals surface area contributed by atoms with E-state index in [4.69, 9.17) is 0 Å². The van der Waals surface area contributed by atoms with Crippen molar-refractivity contribution in [2.45, 2.75) is 86.0 Å². The molecular weight excluding hydrogens is 420 g/mol. The van der Waals surface area contributed by atoms with Gasteiger partial charge in [0, 0.05) is 5.56 Å².